The highest BCUT2D eigenvalue weighted by Crippen LogP contribution is 2.43. The maximum atomic E-state index is 14.1. The third-order valence-corrected chi connectivity index (χ3v) is 6.38. The monoisotopic (exact) mass is 527 g/mol. The number of alkyl halides is 3. The first-order valence-corrected chi connectivity index (χ1v) is 11.9. The maximum Gasteiger partial charge on any atom is 0.419 e. The van der Waals surface area contributed by atoms with Crippen LogP contribution in [0, 0.1) is 0 Å². The van der Waals surface area contributed by atoms with Crippen molar-refractivity contribution < 1.29 is 27.9 Å². The molecule has 2 amide bonds. The number of rotatable bonds is 6. The number of aromatic amines is 1. The molecular weight excluding hydrogens is 503 g/mol. The van der Waals surface area contributed by atoms with Crippen LogP contribution in [0.4, 0.5) is 29.3 Å². The van der Waals surface area contributed by atoms with Gasteiger partial charge in [-0.1, -0.05) is 30.3 Å². The van der Waals surface area contributed by atoms with Crippen LogP contribution in [-0.2, 0) is 12.7 Å². The number of hydrogen-bond acceptors (Lipinski definition) is 5. The summed E-state index contributed by atoms with van der Waals surface area (Å²) in [6.07, 6.45) is 0.119. The summed E-state index contributed by atoms with van der Waals surface area (Å²) in [6.45, 7) is 0.773. The minimum atomic E-state index is -4.72. The van der Waals surface area contributed by atoms with Crippen molar-refractivity contribution in [2.75, 3.05) is 23.3 Å². The van der Waals surface area contributed by atoms with Crippen molar-refractivity contribution in [2.24, 2.45) is 0 Å². The zero-order chi connectivity index (χ0) is 26.9. The van der Waals surface area contributed by atoms with Gasteiger partial charge in [0.05, 0.1) is 40.6 Å². The number of fused-ring (bicyclic) bond motifs is 1. The minimum Gasteiger partial charge on any atom is -0.465 e. The normalized spacial score (nSPS) is 16.0. The highest BCUT2D eigenvalue weighted by Gasteiger charge is 2.38. The van der Waals surface area contributed by atoms with Gasteiger partial charge < -0.3 is 25.6 Å². The van der Waals surface area contributed by atoms with E-state index >= 15 is 0 Å². The molecular formula is C25H24F3N7O3. The number of nitrogens with zero attached hydrogens (tertiary/aromatic N) is 4. The molecule has 3 aromatic heterocycles. The number of carbonyl (C=O) groups excluding carboxylic acids is 1. The summed E-state index contributed by atoms with van der Waals surface area (Å²) in [5.74, 6) is -0.544. The van der Waals surface area contributed by atoms with Crippen molar-refractivity contribution in [3.05, 3.63) is 71.8 Å². The van der Waals surface area contributed by atoms with Crippen LogP contribution < -0.4 is 15.5 Å². The number of benzene rings is 1. The molecule has 0 radical (unpaired) electrons. The Morgan fingerprint density at radius 3 is 2.71 bits per heavy atom. The minimum absolute atomic E-state index is 0.0410. The number of pyridine rings is 1. The van der Waals surface area contributed by atoms with Crippen LogP contribution in [-0.4, -0.2) is 56.0 Å². The van der Waals surface area contributed by atoms with Gasteiger partial charge in [0.2, 0.25) is 0 Å². The highest BCUT2D eigenvalue weighted by atomic mass is 19.4. The number of aromatic nitrogens is 4. The van der Waals surface area contributed by atoms with E-state index < -0.39 is 29.8 Å². The molecule has 1 fully saturated rings. The number of amides is 2. The zero-order valence-corrected chi connectivity index (χ0v) is 20.0. The second-order valence-electron chi connectivity index (χ2n) is 9.05. The molecule has 0 aliphatic carbocycles. The Morgan fingerprint density at radius 1 is 1.18 bits per heavy atom. The fraction of sp³-hybridized carbons (Fsp3) is 0.280. The third kappa shape index (κ3) is 5.26. The van der Waals surface area contributed by atoms with Crippen LogP contribution in [0.5, 0.6) is 0 Å². The molecule has 0 bridgehead atoms. The Bertz CT molecular complexity index is 1470. The van der Waals surface area contributed by atoms with Crippen molar-refractivity contribution in [1.82, 2.24) is 25.1 Å². The lowest BCUT2D eigenvalue weighted by atomic mass is 10.0. The molecule has 1 aliphatic rings. The Kier molecular flexibility index (Phi) is 6.66. The average Bonchev–Trinajstić information content (AvgIpc) is 3.51. The Labute approximate surface area is 214 Å². The van der Waals surface area contributed by atoms with Crippen LogP contribution in [0.15, 0.2) is 55.1 Å². The SMILES string of the molecule is O=C(O)N[C@@H]1CCCN(c2c(C(F)(F)F)cnc3[nH]cc(NC(=O)c4cnn(Cc5ccccc5)c4)c23)C1. The molecule has 1 aliphatic heterocycles. The van der Waals surface area contributed by atoms with Gasteiger partial charge in [-0.2, -0.15) is 18.3 Å². The van der Waals surface area contributed by atoms with Crippen molar-refractivity contribution in [1.29, 1.82) is 0 Å². The van der Waals surface area contributed by atoms with Gasteiger partial charge in [0.15, 0.2) is 0 Å². The van der Waals surface area contributed by atoms with Crippen LogP contribution in [0.2, 0.25) is 0 Å². The molecule has 198 valence electrons. The number of carbonyl (C=O) groups is 2. The van der Waals surface area contributed by atoms with Crippen LogP contribution in [0.3, 0.4) is 0 Å². The van der Waals surface area contributed by atoms with E-state index in [-0.39, 0.29) is 41.1 Å². The lowest BCUT2D eigenvalue weighted by molar-refractivity contribution is -0.137. The molecule has 1 aromatic carbocycles. The van der Waals surface area contributed by atoms with E-state index in [1.165, 1.54) is 17.3 Å². The number of anilines is 2. The lowest BCUT2D eigenvalue weighted by Gasteiger charge is -2.36. The molecule has 10 nitrogen and oxygen atoms in total. The van der Waals surface area contributed by atoms with Crippen LogP contribution in [0.25, 0.3) is 11.0 Å². The molecule has 5 rings (SSSR count). The van der Waals surface area contributed by atoms with Crippen LogP contribution >= 0.6 is 0 Å². The average molecular weight is 528 g/mol. The van der Waals surface area contributed by atoms with Gasteiger partial charge in [-0.05, 0) is 18.4 Å². The summed E-state index contributed by atoms with van der Waals surface area (Å²) in [5, 5.41) is 18.5. The second kappa shape index (κ2) is 10.1. The fourth-order valence-electron chi connectivity index (χ4n) is 4.72. The van der Waals surface area contributed by atoms with E-state index in [0.29, 0.717) is 19.4 Å². The quantitative estimate of drug-likeness (QED) is 0.296. The smallest absolute Gasteiger partial charge is 0.419 e. The maximum absolute atomic E-state index is 14.1. The van der Waals surface area contributed by atoms with Gasteiger partial charge in [-0.3, -0.25) is 9.48 Å². The fourth-order valence-corrected chi connectivity index (χ4v) is 4.72. The van der Waals surface area contributed by atoms with Crippen molar-refractivity contribution in [3.8, 4) is 0 Å². The molecule has 4 heterocycles. The number of halogens is 3. The number of hydrogen-bond donors (Lipinski definition) is 4. The lowest BCUT2D eigenvalue weighted by Crippen LogP contribution is -2.48. The van der Waals surface area contributed by atoms with E-state index in [1.54, 1.807) is 10.9 Å². The molecule has 1 saturated heterocycles. The Morgan fingerprint density at radius 2 is 1.97 bits per heavy atom. The molecule has 0 unspecified atom stereocenters. The summed E-state index contributed by atoms with van der Waals surface area (Å²) >= 11 is 0. The number of nitrogens with one attached hydrogen (secondary N) is 3. The summed E-state index contributed by atoms with van der Waals surface area (Å²) in [5.41, 5.74) is 0.397. The highest BCUT2D eigenvalue weighted by molar-refractivity contribution is 6.11. The van der Waals surface area contributed by atoms with Crippen molar-refractivity contribution in [2.45, 2.75) is 31.6 Å². The van der Waals surface area contributed by atoms with E-state index in [9.17, 15) is 22.8 Å². The second-order valence-corrected chi connectivity index (χ2v) is 9.05. The first kappa shape index (κ1) is 25.1. The first-order chi connectivity index (χ1) is 18.2. The largest absolute Gasteiger partial charge is 0.465 e. The van der Waals surface area contributed by atoms with Crippen molar-refractivity contribution in [3.63, 3.8) is 0 Å². The molecule has 1 atom stereocenters. The van der Waals surface area contributed by atoms with E-state index in [1.807, 2.05) is 30.3 Å². The van der Waals surface area contributed by atoms with E-state index in [0.717, 1.165) is 11.8 Å². The number of H-pyrrole nitrogens is 1. The summed E-state index contributed by atoms with van der Waals surface area (Å²) in [7, 11) is 0. The molecule has 13 heteroatoms. The molecule has 38 heavy (non-hydrogen) atoms. The number of piperidine rings is 1. The van der Waals surface area contributed by atoms with Crippen molar-refractivity contribution >= 4 is 34.4 Å². The predicted octanol–water partition coefficient (Wildman–Crippen LogP) is 4.32. The van der Waals surface area contributed by atoms with Crippen LogP contribution in [0.1, 0.15) is 34.3 Å². The molecule has 4 N–H and O–H groups in total. The Hall–Kier alpha value is -4.55. The summed E-state index contributed by atoms with van der Waals surface area (Å²) < 4.78 is 43.9. The van der Waals surface area contributed by atoms with Gasteiger partial charge in [0.1, 0.15) is 5.65 Å². The standard InChI is InChI=1S/C25H24F3N7O3/c26-25(27,28)18-10-29-22-20(21(18)34-8-4-7-17(14-34)32-24(37)38)19(11-30-22)33-23(36)16-9-31-35(13-16)12-15-5-2-1-3-6-15/h1-3,5-6,9-11,13,17,32H,4,7-8,12,14H2,(H,29,30)(H,33,36)(H,37,38)/t17-/m1/s1. The zero-order valence-electron chi connectivity index (χ0n) is 20.0. The summed E-state index contributed by atoms with van der Waals surface area (Å²) in [6, 6.07) is 9.00. The molecule has 0 saturated carbocycles. The van der Waals surface area contributed by atoms with Gasteiger partial charge in [0.25, 0.3) is 5.91 Å². The van der Waals surface area contributed by atoms with Gasteiger partial charge in [-0.25, -0.2) is 9.78 Å². The molecule has 4 aromatic rings. The van der Waals surface area contributed by atoms with Gasteiger partial charge in [-0.15, -0.1) is 0 Å². The summed E-state index contributed by atoms with van der Waals surface area (Å²) in [4.78, 5) is 32.5. The number of carboxylic acid groups (broad SMARTS) is 1. The van der Waals surface area contributed by atoms with Gasteiger partial charge in [0, 0.05) is 37.7 Å². The Balaban J connectivity index is 1.47. The first-order valence-electron chi connectivity index (χ1n) is 11.9. The van der Waals surface area contributed by atoms with E-state index in [2.05, 4.69) is 25.7 Å². The molecule has 0 spiro atoms. The topological polar surface area (TPSA) is 128 Å². The van der Waals surface area contributed by atoms with E-state index in [4.69, 9.17) is 5.11 Å². The third-order valence-electron chi connectivity index (χ3n) is 6.38. The predicted molar refractivity (Wildman–Crippen MR) is 133 cm³/mol. The van der Waals surface area contributed by atoms with Gasteiger partial charge >= 0.3 is 12.3 Å².